The summed E-state index contributed by atoms with van der Waals surface area (Å²) in [7, 11) is -1.66. The molecule has 1 aliphatic rings. The summed E-state index contributed by atoms with van der Waals surface area (Å²) >= 11 is 0. The summed E-state index contributed by atoms with van der Waals surface area (Å²) in [5.41, 5.74) is 0. The molecule has 0 aromatic carbocycles. The summed E-state index contributed by atoms with van der Waals surface area (Å²) in [4.78, 5) is 0.306. The normalized spacial score (nSPS) is 22.8. The van der Waals surface area contributed by atoms with Crippen LogP contribution in [0.2, 0.25) is 0 Å². The number of rotatable bonds is 3. The number of hydrogen-bond acceptors (Lipinski definition) is 3. The zero-order valence-corrected chi connectivity index (χ0v) is 10.7. The fourth-order valence-corrected chi connectivity index (χ4v) is 3.98. The van der Waals surface area contributed by atoms with Crippen LogP contribution < -0.4 is 0 Å². The Kier molecular flexibility index (Phi) is 3.56. The van der Waals surface area contributed by atoms with Crippen LogP contribution in [0, 0.1) is 0 Å². The van der Waals surface area contributed by atoms with Crippen molar-refractivity contribution in [1.82, 2.24) is 8.87 Å². The van der Waals surface area contributed by atoms with Gasteiger partial charge in [0.05, 0.1) is 11.5 Å². The number of aliphatic hydroxyl groups excluding tert-OH is 1. The van der Waals surface area contributed by atoms with E-state index in [1.54, 1.807) is 30.1 Å². The lowest BCUT2D eigenvalue weighted by atomic mass is 10.1. The van der Waals surface area contributed by atoms with Crippen molar-refractivity contribution in [2.75, 3.05) is 13.2 Å². The van der Waals surface area contributed by atoms with Gasteiger partial charge in [0.2, 0.25) is 10.0 Å². The molecule has 0 aliphatic carbocycles. The van der Waals surface area contributed by atoms with E-state index in [1.807, 2.05) is 0 Å². The van der Waals surface area contributed by atoms with E-state index < -0.39 is 10.0 Å². The first-order valence-corrected chi connectivity index (χ1v) is 7.24. The lowest BCUT2D eigenvalue weighted by Gasteiger charge is -2.33. The highest BCUT2D eigenvalue weighted by Crippen LogP contribution is 2.25. The first kappa shape index (κ1) is 12.6. The molecule has 1 saturated heterocycles. The Labute approximate surface area is 102 Å². The third-order valence-corrected chi connectivity index (χ3v) is 5.13. The van der Waals surface area contributed by atoms with Gasteiger partial charge in [0.25, 0.3) is 0 Å². The van der Waals surface area contributed by atoms with Gasteiger partial charge in [-0.2, -0.15) is 4.31 Å². The molecule has 17 heavy (non-hydrogen) atoms. The maximum Gasteiger partial charge on any atom is 0.244 e. The Morgan fingerprint density at radius 2 is 2.24 bits per heavy atom. The molecule has 0 spiro atoms. The molecule has 1 aromatic heterocycles. The Bertz CT molecular complexity index is 481. The highest BCUT2D eigenvalue weighted by Gasteiger charge is 2.33. The Balaban J connectivity index is 2.30. The standard InChI is InChI=1S/C11H18N2O3S/c1-12-7-5-11(8-12)17(15,16)13-6-3-2-4-10(13)9-14/h5,7-8,10,14H,2-4,6,9H2,1H3. The largest absolute Gasteiger partial charge is 0.395 e. The average molecular weight is 258 g/mol. The van der Waals surface area contributed by atoms with E-state index in [9.17, 15) is 13.5 Å². The molecule has 1 aliphatic heterocycles. The third-order valence-electron chi connectivity index (χ3n) is 3.20. The van der Waals surface area contributed by atoms with Crippen LogP contribution in [-0.2, 0) is 17.1 Å². The monoisotopic (exact) mass is 258 g/mol. The van der Waals surface area contributed by atoms with Gasteiger partial charge in [-0.1, -0.05) is 6.42 Å². The second-order valence-corrected chi connectivity index (χ2v) is 6.35. The molecule has 0 saturated carbocycles. The molecule has 1 fully saturated rings. The number of piperidine rings is 1. The van der Waals surface area contributed by atoms with Crippen LogP contribution in [0.4, 0.5) is 0 Å². The predicted octanol–water partition coefficient (Wildman–Crippen LogP) is 0.561. The minimum Gasteiger partial charge on any atom is -0.395 e. The number of hydrogen-bond donors (Lipinski definition) is 1. The second-order valence-electron chi connectivity index (χ2n) is 4.46. The summed E-state index contributed by atoms with van der Waals surface area (Å²) in [6.07, 6.45) is 5.89. The molecule has 96 valence electrons. The molecule has 0 amide bonds. The van der Waals surface area contributed by atoms with Crippen molar-refractivity contribution < 1.29 is 13.5 Å². The van der Waals surface area contributed by atoms with E-state index in [-0.39, 0.29) is 12.6 Å². The molecule has 1 N–H and O–H groups in total. The van der Waals surface area contributed by atoms with E-state index in [0.717, 1.165) is 19.3 Å². The van der Waals surface area contributed by atoms with Gasteiger partial charge in [-0.15, -0.1) is 0 Å². The number of nitrogens with zero attached hydrogens (tertiary/aromatic N) is 2. The quantitative estimate of drug-likeness (QED) is 0.861. The Hall–Kier alpha value is -0.850. The van der Waals surface area contributed by atoms with Crippen molar-refractivity contribution in [3.63, 3.8) is 0 Å². The molecular formula is C11H18N2O3S. The summed E-state index contributed by atoms with van der Waals surface area (Å²) in [5.74, 6) is 0. The molecule has 1 atom stereocenters. The van der Waals surface area contributed by atoms with Crippen molar-refractivity contribution in [3.05, 3.63) is 18.5 Å². The number of sulfonamides is 1. The second kappa shape index (κ2) is 4.80. The van der Waals surface area contributed by atoms with Crippen LogP contribution in [0.3, 0.4) is 0 Å². The highest BCUT2D eigenvalue weighted by atomic mass is 32.2. The van der Waals surface area contributed by atoms with Crippen molar-refractivity contribution in [2.45, 2.75) is 30.2 Å². The SMILES string of the molecule is Cn1ccc(S(=O)(=O)N2CCCCC2CO)c1. The molecular weight excluding hydrogens is 240 g/mol. The molecule has 6 heteroatoms. The zero-order valence-electron chi connectivity index (χ0n) is 9.91. The van der Waals surface area contributed by atoms with Crippen molar-refractivity contribution in [2.24, 2.45) is 7.05 Å². The molecule has 2 rings (SSSR count). The fourth-order valence-electron chi connectivity index (χ4n) is 2.24. The van der Waals surface area contributed by atoms with E-state index in [4.69, 9.17) is 0 Å². The first-order valence-electron chi connectivity index (χ1n) is 5.80. The maximum atomic E-state index is 12.4. The van der Waals surface area contributed by atoms with Crippen molar-refractivity contribution in [1.29, 1.82) is 0 Å². The first-order chi connectivity index (χ1) is 8.05. The molecule has 0 bridgehead atoms. The summed E-state index contributed by atoms with van der Waals surface area (Å²) in [6.45, 7) is 0.397. The van der Waals surface area contributed by atoms with Gasteiger partial charge < -0.3 is 9.67 Å². The van der Waals surface area contributed by atoms with Crippen LogP contribution in [0.1, 0.15) is 19.3 Å². The third kappa shape index (κ3) is 2.38. The van der Waals surface area contributed by atoms with Gasteiger partial charge in [-0.05, 0) is 18.9 Å². The molecule has 1 unspecified atom stereocenters. The average Bonchev–Trinajstić information content (AvgIpc) is 2.76. The van der Waals surface area contributed by atoms with Crippen LogP contribution >= 0.6 is 0 Å². The minimum absolute atomic E-state index is 0.105. The predicted molar refractivity (Wildman–Crippen MR) is 64.0 cm³/mol. The van der Waals surface area contributed by atoms with Crippen LogP contribution in [0.5, 0.6) is 0 Å². The Morgan fingerprint density at radius 1 is 1.47 bits per heavy atom. The molecule has 5 nitrogen and oxygen atoms in total. The van der Waals surface area contributed by atoms with Crippen LogP contribution in [0.15, 0.2) is 23.4 Å². The molecule has 0 radical (unpaired) electrons. The summed E-state index contributed by atoms with van der Waals surface area (Å²) < 4.78 is 27.9. The molecule has 2 heterocycles. The van der Waals surface area contributed by atoms with Crippen LogP contribution in [0.25, 0.3) is 0 Å². The van der Waals surface area contributed by atoms with Gasteiger partial charge in [-0.3, -0.25) is 0 Å². The van der Waals surface area contributed by atoms with E-state index >= 15 is 0 Å². The van der Waals surface area contributed by atoms with Crippen molar-refractivity contribution in [3.8, 4) is 0 Å². The van der Waals surface area contributed by atoms with Crippen LogP contribution in [-0.4, -0.2) is 41.6 Å². The minimum atomic E-state index is -3.45. The number of aryl methyl sites for hydroxylation is 1. The smallest absolute Gasteiger partial charge is 0.244 e. The van der Waals surface area contributed by atoms with Gasteiger partial charge in [0, 0.05) is 32.0 Å². The van der Waals surface area contributed by atoms with E-state index in [1.165, 1.54) is 4.31 Å². The molecule has 1 aromatic rings. The zero-order chi connectivity index (χ0) is 12.5. The van der Waals surface area contributed by atoms with Gasteiger partial charge in [0.1, 0.15) is 0 Å². The topological polar surface area (TPSA) is 62.5 Å². The summed E-state index contributed by atoms with van der Waals surface area (Å²) in [6, 6.07) is 1.33. The number of aromatic nitrogens is 1. The van der Waals surface area contributed by atoms with E-state index in [0.29, 0.717) is 11.4 Å². The number of aliphatic hydroxyl groups is 1. The fraction of sp³-hybridized carbons (Fsp3) is 0.636. The van der Waals surface area contributed by atoms with Gasteiger partial charge in [0.15, 0.2) is 0 Å². The lowest BCUT2D eigenvalue weighted by Crippen LogP contribution is -2.45. The Morgan fingerprint density at radius 3 is 2.82 bits per heavy atom. The highest BCUT2D eigenvalue weighted by molar-refractivity contribution is 7.89. The van der Waals surface area contributed by atoms with Gasteiger partial charge >= 0.3 is 0 Å². The summed E-state index contributed by atoms with van der Waals surface area (Å²) in [5, 5.41) is 9.27. The maximum absolute atomic E-state index is 12.4. The van der Waals surface area contributed by atoms with Crippen molar-refractivity contribution >= 4 is 10.0 Å². The van der Waals surface area contributed by atoms with Gasteiger partial charge in [-0.25, -0.2) is 8.42 Å². The lowest BCUT2D eigenvalue weighted by molar-refractivity contribution is 0.155. The van der Waals surface area contributed by atoms with E-state index in [2.05, 4.69) is 0 Å².